The zero-order valence-corrected chi connectivity index (χ0v) is 23.6. The van der Waals surface area contributed by atoms with Crippen molar-refractivity contribution in [3.05, 3.63) is 99.6 Å². The summed E-state index contributed by atoms with van der Waals surface area (Å²) in [6, 6.07) is 20.6. The maximum atomic E-state index is 13.8. The summed E-state index contributed by atoms with van der Waals surface area (Å²) in [6.07, 6.45) is 2.24. The van der Waals surface area contributed by atoms with Gasteiger partial charge in [0.2, 0.25) is 17.7 Å². The van der Waals surface area contributed by atoms with Crippen molar-refractivity contribution in [1.29, 1.82) is 0 Å². The molecule has 0 spiro atoms. The Kier molecular flexibility index (Phi) is 6.53. The van der Waals surface area contributed by atoms with E-state index >= 15 is 0 Å². The first-order valence-electron chi connectivity index (χ1n) is 13.2. The third-order valence-corrected chi connectivity index (χ3v) is 9.96. The van der Waals surface area contributed by atoms with Crippen molar-refractivity contribution in [1.82, 2.24) is 4.90 Å². The lowest BCUT2D eigenvalue weighted by Gasteiger charge is -2.54. The van der Waals surface area contributed by atoms with Gasteiger partial charge in [-0.05, 0) is 59.7 Å². The molecule has 0 saturated carbocycles. The second-order valence-corrected chi connectivity index (χ2v) is 12.2. The van der Waals surface area contributed by atoms with Crippen molar-refractivity contribution in [2.24, 2.45) is 11.8 Å². The van der Waals surface area contributed by atoms with Gasteiger partial charge in [0.1, 0.15) is 9.75 Å². The Balaban J connectivity index is 1.16. The molecule has 0 aromatic heterocycles. The Morgan fingerprint density at radius 3 is 1.85 bits per heavy atom. The van der Waals surface area contributed by atoms with Gasteiger partial charge in [0.05, 0.1) is 11.8 Å². The monoisotopic (exact) mass is 580 g/mol. The van der Waals surface area contributed by atoms with E-state index in [1.54, 1.807) is 12.1 Å². The molecule has 200 valence electrons. The highest BCUT2D eigenvalue weighted by Crippen LogP contribution is 2.69. The molecule has 0 radical (unpaired) electrons. The minimum atomic E-state index is -1.16. The second-order valence-electron chi connectivity index (χ2n) is 10.6. The minimum Gasteiger partial charge on any atom is -0.326 e. The molecule has 0 unspecified atom stereocenters. The number of hydrogen-bond donors (Lipinski definition) is 1. The highest BCUT2D eigenvalue weighted by Gasteiger charge is 2.72. The minimum absolute atomic E-state index is 0.0972. The van der Waals surface area contributed by atoms with Gasteiger partial charge < -0.3 is 5.32 Å². The number of carbonyl (C=O) groups excluding carboxylic acids is 3. The number of nitrogens with one attached hydrogen (secondary N) is 1. The first-order valence-corrected chi connectivity index (χ1v) is 14.3. The van der Waals surface area contributed by atoms with Gasteiger partial charge in [-0.15, -0.1) is 23.2 Å². The highest BCUT2D eigenvalue weighted by molar-refractivity contribution is 6.36. The molecule has 3 aliphatic carbocycles. The molecule has 3 aromatic carbocycles. The normalized spacial score (nSPS) is 26.3. The van der Waals surface area contributed by atoms with Crippen LogP contribution >= 0.6 is 34.8 Å². The lowest BCUT2D eigenvalue weighted by Crippen LogP contribution is -2.57. The van der Waals surface area contributed by atoms with Crippen LogP contribution < -0.4 is 5.32 Å². The number of unbranched alkanes of at least 4 members (excludes halogenated alkanes) is 2. The van der Waals surface area contributed by atoms with Crippen LogP contribution in [0.5, 0.6) is 0 Å². The fourth-order valence-electron chi connectivity index (χ4n) is 6.62. The molecule has 1 fully saturated rings. The zero-order valence-electron chi connectivity index (χ0n) is 21.3. The molecule has 39 heavy (non-hydrogen) atoms. The lowest BCUT2D eigenvalue weighted by molar-refractivity contribution is -0.140. The van der Waals surface area contributed by atoms with Crippen molar-refractivity contribution < 1.29 is 14.4 Å². The Bertz CT molecular complexity index is 1400. The molecule has 5 nitrogen and oxygen atoms in total. The summed E-state index contributed by atoms with van der Waals surface area (Å²) in [5.41, 5.74) is 4.82. The van der Waals surface area contributed by atoms with Crippen LogP contribution in [0.1, 0.15) is 53.5 Å². The van der Waals surface area contributed by atoms with Crippen LogP contribution in [0.3, 0.4) is 0 Å². The lowest BCUT2D eigenvalue weighted by atomic mass is 9.54. The number of carbonyl (C=O) groups is 3. The predicted molar refractivity (Wildman–Crippen MR) is 153 cm³/mol. The van der Waals surface area contributed by atoms with E-state index in [1.807, 2.05) is 61.5 Å². The Morgan fingerprint density at radius 2 is 1.33 bits per heavy atom. The number of benzene rings is 3. The molecule has 3 aromatic rings. The van der Waals surface area contributed by atoms with E-state index in [1.165, 1.54) is 4.90 Å². The molecule has 2 bridgehead atoms. The number of imide groups is 1. The number of likely N-dealkylation sites (tertiary alicyclic amines) is 1. The number of halogens is 3. The number of hydrogen-bond acceptors (Lipinski definition) is 3. The first kappa shape index (κ1) is 26.4. The molecule has 1 N–H and O–H groups in total. The van der Waals surface area contributed by atoms with E-state index in [9.17, 15) is 14.4 Å². The maximum absolute atomic E-state index is 13.8. The molecular weight excluding hydrogens is 555 g/mol. The average molecular weight is 582 g/mol. The van der Waals surface area contributed by atoms with E-state index < -0.39 is 21.6 Å². The number of rotatable bonds is 7. The quantitative estimate of drug-likeness (QED) is 0.191. The highest BCUT2D eigenvalue weighted by atomic mass is 35.5. The molecular formula is C31H27Cl3N2O3. The van der Waals surface area contributed by atoms with Gasteiger partial charge >= 0.3 is 0 Å². The molecule has 2 atom stereocenters. The van der Waals surface area contributed by atoms with E-state index in [2.05, 4.69) is 5.32 Å². The summed E-state index contributed by atoms with van der Waals surface area (Å²) in [6.45, 7) is 2.18. The van der Waals surface area contributed by atoms with Crippen molar-refractivity contribution in [3.8, 4) is 0 Å². The number of nitrogens with zero attached hydrogens (tertiary/aromatic N) is 1. The summed E-state index contributed by atoms with van der Waals surface area (Å²) in [5.74, 6) is -2.20. The Labute approximate surface area is 242 Å². The van der Waals surface area contributed by atoms with E-state index in [0.717, 1.165) is 27.8 Å². The first-order chi connectivity index (χ1) is 18.7. The summed E-state index contributed by atoms with van der Waals surface area (Å²) in [5, 5.41) is 3.47. The summed E-state index contributed by atoms with van der Waals surface area (Å²) in [4.78, 5) is 39.1. The topological polar surface area (TPSA) is 66.5 Å². The Morgan fingerprint density at radius 1 is 0.821 bits per heavy atom. The Hall–Kier alpha value is -2.86. The third-order valence-electron chi connectivity index (χ3n) is 8.44. The third kappa shape index (κ3) is 3.85. The smallest absolute Gasteiger partial charge is 0.235 e. The van der Waals surface area contributed by atoms with Crippen LogP contribution in [0.2, 0.25) is 5.02 Å². The van der Waals surface area contributed by atoms with Crippen molar-refractivity contribution >= 4 is 58.2 Å². The van der Waals surface area contributed by atoms with Crippen molar-refractivity contribution in [3.63, 3.8) is 0 Å². The van der Waals surface area contributed by atoms with Crippen LogP contribution in [-0.2, 0) is 24.1 Å². The molecule has 1 heterocycles. The molecule has 4 aliphatic rings. The predicted octanol–water partition coefficient (Wildman–Crippen LogP) is 6.74. The summed E-state index contributed by atoms with van der Waals surface area (Å²) >= 11 is 20.9. The standard InChI is InChI=1S/C31H27Cl3N2O3/c1-18-14-15-19(32)17-24(18)35-25(37)13-3-2-8-16-36-28(38)26-27(29(36)39)31(34)21-10-5-4-9-20(21)30(26,33)22-11-6-7-12-23(22)31/h4-7,9-12,14-15,17,26-27H,2-3,8,13,16H2,1H3,(H,35,37)/t26-,27-,30?,31?/m1/s1. The zero-order chi connectivity index (χ0) is 27.5. The van der Waals surface area contributed by atoms with Gasteiger partial charge in [-0.3, -0.25) is 19.3 Å². The van der Waals surface area contributed by atoms with Gasteiger partial charge in [0, 0.05) is 23.7 Å². The van der Waals surface area contributed by atoms with Crippen LogP contribution in [0.25, 0.3) is 0 Å². The molecule has 3 amide bonds. The van der Waals surface area contributed by atoms with E-state index in [-0.39, 0.29) is 24.3 Å². The SMILES string of the molecule is Cc1ccc(Cl)cc1NC(=O)CCCCCN1C(=O)[C@H]2[C@H](C1=O)C1(Cl)c3ccccc3C2(Cl)c2ccccc21. The second kappa shape index (κ2) is 9.65. The van der Waals surface area contributed by atoms with Gasteiger partial charge in [0.25, 0.3) is 0 Å². The summed E-state index contributed by atoms with van der Waals surface area (Å²) < 4.78 is 0. The summed E-state index contributed by atoms with van der Waals surface area (Å²) in [7, 11) is 0. The average Bonchev–Trinajstić information content (AvgIpc) is 3.19. The van der Waals surface area contributed by atoms with Gasteiger partial charge in [-0.2, -0.15) is 0 Å². The van der Waals surface area contributed by atoms with Crippen LogP contribution in [0.15, 0.2) is 66.7 Å². The number of amides is 3. The number of alkyl halides is 2. The van der Waals surface area contributed by atoms with Crippen molar-refractivity contribution in [2.75, 3.05) is 11.9 Å². The fraction of sp³-hybridized carbons (Fsp3) is 0.323. The van der Waals surface area contributed by atoms with Crippen molar-refractivity contribution in [2.45, 2.75) is 42.4 Å². The number of anilines is 1. The molecule has 1 aliphatic heterocycles. The van der Waals surface area contributed by atoms with Crippen LogP contribution in [-0.4, -0.2) is 29.2 Å². The molecule has 1 saturated heterocycles. The molecule has 7 rings (SSSR count). The number of aryl methyl sites for hydroxylation is 1. The van der Waals surface area contributed by atoms with E-state index in [4.69, 9.17) is 34.8 Å². The van der Waals surface area contributed by atoms with Gasteiger partial charge in [-0.25, -0.2) is 0 Å². The fourth-order valence-corrected chi connectivity index (χ4v) is 7.89. The maximum Gasteiger partial charge on any atom is 0.235 e. The van der Waals surface area contributed by atoms with Crippen LogP contribution in [0.4, 0.5) is 5.69 Å². The van der Waals surface area contributed by atoms with Gasteiger partial charge in [-0.1, -0.05) is 72.6 Å². The van der Waals surface area contributed by atoms with Gasteiger partial charge in [0.15, 0.2) is 0 Å². The largest absolute Gasteiger partial charge is 0.326 e. The van der Waals surface area contributed by atoms with E-state index in [0.29, 0.717) is 36.4 Å². The molecule has 8 heteroatoms. The van der Waals surface area contributed by atoms with Crippen LogP contribution in [0, 0.1) is 18.8 Å².